The van der Waals surface area contributed by atoms with Gasteiger partial charge in [-0.05, 0) is 63.5 Å². The molecule has 0 saturated carbocycles. The third-order valence-electron chi connectivity index (χ3n) is 5.33. The molecule has 0 amide bonds. The normalized spacial score (nSPS) is 12.2. The van der Waals surface area contributed by atoms with Gasteiger partial charge in [0.25, 0.3) is 0 Å². The second-order valence-electron chi connectivity index (χ2n) is 6.88. The molecule has 2 heterocycles. The zero-order chi connectivity index (χ0) is 17.4. The topological polar surface area (TPSA) is 26.0 Å². The molecule has 6 aromatic rings. The molecule has 0 aliphatic heterocycles. The highest BCUT2D eigenvalue weighted by atomic mass is 32.1. The maximum Gasteiger partial charge on any atom is 0.0869 e. The maximum absolute atomic E-state index is 6.04. The van der Waals surface area contributed by atoms with Crippen molar-refractivity contribution in [3.05, 3.63) is 65.5 Å². The van der Waals surface area contributed by atoms with Crippen LogP contribution in [-0.2, 0) is 0 Å². The number of thiophene rings is 2. The molecular formula is C23H15NS2. The number of nitrogen functional groups attached to an aromatic ring is 1. The predicted octanol–water partition coefficient (Wildman–Crippen LogP) is 7.47. The van der Waals surface area contributed by atoms with Gasteiger partial charge in [0.1, 0.15) is 0 Å². The van der Waals surface area contributed by atoms with Crippen LogP contribution in [-0.4, -0.2) is 0 Å². The zero-order valence-corrected chi connectivity index (χ0v) is 15.8. The number of nitrogens with two attached hydrogens (primary N) is 1. The first-order valence-corrected chi connectivity index (χ1v) is 10.3. The molecule has 0 aliphatic carbocycles. The van der Waals surface area contributed by atoms with Crippen LogP contribution >= 0.6 is 22.7 Å². The van der Waals surface area contributed by atoms with E-state index in [2.05, 4.69) is 67.6 Å². The summed E-state index contributed by atoms with van der Waals surface area (Å²) in [6.07, 6.45) is 0. The molecule has 0 aliphatic rings. The summed E-state index contributed by atoms with van der Waals surface area (Å²) in [5.74, 6) is 0. The lowest BCUT2D eigenvalue weighted by Gasteiger charge is -2.09. The molecule has 0 saturated heterocycles. The molecule has 3 heteroatoms. The van der Waals surface area contributed by atoms with E-state index in [-0.39, 0.29) is 0 Å². The van der Waals surface area contributed by atoms with Crippen LogP contribution in [0.25, 0.3) is 52.5 Å². The summed E-state index contributed by atoms with van der Waals surface area (Å²) < 4.78 is 2.62. The quantitative estimate of drug-likeness (QED) is 0.276. The number of aryl methyl sites for hydroxylation is 1. The van der Waals surface area contributed by atoms with Gasteiger partial charge in [0.2, 0.25) is 0 Å². The molecule has 1 nitrogen and oxygen atoms in total. The Kier molecular flexibility index (Phi) is 2.78. The van der Waals surface area contributed by atoms with Crippen LogP contribution in [0.15, 0.2) is 60.7 Å². The van der Waals surface area contributed by atoms with E-state index in [0.717, 1.165) is 5.00 Å². The van der Waals surface area contributed by atoms with Crippen molar-refractivity contribution in [1.29, 1.82) is 0 Å². The Morgan fingerprint density at radius 3 is 1.54 bits per heavy atom. The summed E-state index contributed by atoms with van der Waals surface area (Å²) in [5, 5.41) is 11.4. The summed E-state index contributed by atoms with van der Waals surface area (Å²) in [5.41, 5.74) is 6.04. The van der Waals surface area contributed by atoms with Crippen LogP contribution in [0.2, 0.25) is 0 Å². The van der Waals surface area contributed by atoms with Crippen LogP contribution in [0.3, 0.4) is 0 Å². The van der Waals surface area contributed by atoms with Crippen LogP contribution in [0.5, 0.6) is 0 Å². The molecular weight excluding hydrogens is 354 g/mol. The third kappa shape index (κ3) is 1.84. The molecule has 6 rings (SSSR count). The Morgan fingerprint density at radius 1 is 0.538 bits per heavy atom. The average Bonchev–Trinajstić information content (AvgIpc) is 3.21. The average molecular weight is 370 g/mol. The minimum Gasteiger partial charge on any atom is -0.391 e. The molecule has 26 heavy (non-hydrogen) atoms. The van der Waals surface area contributed by atoms with Gasteiger partial charge < -0.3 is 5.73 Å². The van der Waals surface area contributed by atoms with Crippen molar-refractivity contribution in [2.75, 3.05) is 5.73 Å². The standard InChI is InChI=1S/C23H15NS2/c1-12-10-19-17-4-2-14-13(15(17)6-8-21(19)25-12)3-5-18-16(14)7-9-22-20(18)11-23(24)26-22/h2-11H,24H2,1H3. The summed E-state index contributed by atoms with van der Waals surface area (Å²) in [6, 6.07) is 22.5. The van der Waals surface area contributed by atoms with Gasteiger partial charge in [-0.3, -0.25) is 0 Å². The number of fused-ring (bicyclic) bond motifs is 9. The Morgan fingerprint density at radius 2 is 0.962 bits per heavy atom. The molecule has 124 valence electrons. The highest BCUT2D eigenvalue weighted by molar-refractivity contribution is 7.22. The number of rotatable bonds is 0. The fourth-order valence-electron chi connectivity index (χ4n) is 4.22. The van der Waals surface area contributed by atoms with E-state index in [4.69, 9.17) is 5.73 Å². The lowest BCUT2D eigenvalue weighted by Crippen LogP contribution is -1.82. The summed E-state index contributed by atoms with van der Waals surface area (Å²) >= 11 is 3.53. The van der Waals surface area contributed by atoms with Crippen LogP contribution in [0.1, 0.15) is 4.88 Å². The SMILES string of the molecule is Cc1cc2c(ccc3c2ccc2c4ccc5sc(N)cc5c4ccc32)s1. The van der Waals surface area contributed by atoms with Gasteiger partial charge >= 0.3 is 0 Å². The Bertz CT molecular complexity index is 1390. The molecule has 0 unspecified atom stereocenters. The van der Waals surface area contributed by atoms with Gasteiger partial charge in [0.05, 0.1) is 5.00 Å². The Labute approximate surface area is 158 Å². The first-order chi connectivity index (χ1) is 12.7. The highest BCUT2D eigenvalue weighted by Crippen LogP contribution is 2.40. The predicted molar refractivity (Wildman–Crippen MR) is 119 cm³/mol. The van der Waals surface area contributed by atoms with Crippen molar-refractivity contribution >= 4 is 80.2 Å². The van der Waals surface area contributed by atoms with Gasteiger partial charge in [-0.1, -0.05) is 36.4 Å². The number of benzene rings is 4. The Hall–Kier alpha value is -2.62. The number of anilines is 1. The Balaban J connectivity index is 1.81. The molecule has 0 fully saturated rings. The van der Waals surface area contributed by atoms with Crippen molar-refractivity contribution < 1.29 is 0 Å². The zero-order valence-electron chi connectivity index (χ0n) is 14.2. The lowest BCUT2D eigenvalue weighted by atomic mass is 9.95. The van der Waals surface area contributed by atoms with Crippen LogP contribution in [0, 0.1) is 6.92 Å². The van der Waals surface area contributed by atoms with E-state index in [1.165, 1.54) is 57.4 Å². The van der Waals surface area contributed by atoms with E-state index in [1.54, 1.807) is 11.3 Å². The third-order valence-corrected chi connectivity index (χ3v) is 7.28. The van der Waals surface area contributed by atoms with Gasteiger partial charge in [-0.2, -0.15) is 0 Å². The number of hydrogen-bond acceptors (Lipinski definition) is 3. The number of hydrogen-bond donors (Lipinski definition) is 1. The summed E-state index contributed by atoms with van der Waals surface area (Å²) in [7, 11) is 0. The van der Waals surface area contributed by atoms with Crippen molar-refractivity contribution in [3.8, 4) is 0 Å². The second-order valence-corrected chi connectivity index (χ2v) is 9.28. The minimum atomic E-state index is 0.876. The lowest BCUT2D eigenvalue weighted by molar-refractivity contribution is 1.66. The fraction of sp³-hybridized carbons (Fsp3) is 0.0435. The first-order valence-electron chi connectivity index (χ1n) is 8.65. The molecule has 2 N–H and O–H groups in total. The first kappa shape index (κ1) is 14.5. The van der Waals surface area contributed by atoms with Gasteiger partial charge in [-0.15, -0.1) is 22.7 Å². The maximum atomic E-state index is 6.04. The van der Waals surface area contributed by atoms with Gasteiger partial charge in [-0.25, -0.2) is 0 Å². The molecule has 0 bridgehead atoms. The largest absolute Gasteiger partial charge is 0.391 e. The molecule has 2 aromatic heterocycles. The fourth-order valence-corrected chi connectivity index (χ4v) is 6.01. The van der Waals surface area contributed by atoms with E-state index in [0.29, 0.717) is 0 Å². The second kappa shape index (κ2) is 4.97. The van der Waals surface area contributed by atoms with Crippen molar-refractivity contribution in [2.24, 2.45) is 0 Å². The van der Waals surface area contributed by atoms with Gasteiger partial charge in [0.15, 0.2) is 0 Å². The van der Waals surface area contributed by atoms with E-state index >= 15 is 0 Å². The minimum absolute atomic E-state index is 0.876. The summed E-state index contributed by atoms with van der Waals surface area (Å²) in [4.78, 5) is 1.36. The smallest absolute Gasteiger partial charge is 0.0869 e. The van der Waals surface area contributed by atoms with E-state index in [9.17, 15) is 0 Å². The monoisotopic (exact) mass is 369 g/mol. The van der Waals surface area contributed by atoms with E-state index in [1.807, 2.05) is 11.3 Å². The molecule has 4 aromatic carbocycles. The molecule has 0 spiro atoms. The van der Waals surface area contributed by atoms with Crippen LogP contribution < -0.4 is 5.73 Å². The van der Waals surface area contributed by atoms with Crippen molar-refractivity contribution in [1.82, 2.24) is 0 Å². The molecule has 0 radical (unpaired) electrons. The van der Waals surface area contributed by atoms with Crippen molar-refractivity contribution in [3.63, 3.8) is 0 Å². The highest BCUT2D eigenvalue weighted by Gasteiger charge is 2.11. The molecule has 0 atom stereocenters. The van der Waals surface area contributed by atoms with E-state index < -0.39 is 0 Å². The van der Waals surface area contributed by atoms with Gasteiger partial charge in [0, 0.05) is 25.0 Å². The van der Waals surface area contributed by atoms with Crippen molar-refractivity contribution in [2.45, 2.75) is 6.92 Å². The van der Waals surface area contributed by atoms with Crippen LogP contribution in [0.4, 0.5) is 5.00 Å². The summed E-state index contributed by atoms with van der Waals surface area (Å²) in [6.45, 7) is 2.18.